The van der Waals surface area contributed by atoms with E-state index in [2.05, 4.69) is 0 Å². The second-order valence-electron chi connectivity index (χ2n) is 7.06. The molecule has 4 nitrogen and oxygen atoms in total. The third-order valence-corrected chi connectivity index (χ3v) is 4.25. The fourth-order valence-electron chi connectivity index (χ4n) is 3.15. The van der Waals surface area contributed by atoms with Crippen LogP contribution in [0.3, 0.4) is 0 Å². The van der Waals surface area contributed by atoms with Crippen LogP contribution in [0.5, 0.6) is 5.75 Å². The van der Waals surface area contributed by atoms with E-state index in [1.807, 2.05) is 0 Å². The highest BCUT2D eigenvalue weighted by atomic mass is 19.1. The summed E-state index contributed by atoms with van der Waals surface area (Å²) < 4.78 is 33.7. The molecule has 2 aromatic carbocycles. The first-order valence-corrected chi connectivity index (χ1v) is 8.22. The van der Waals surface area contributed by atoms with Crippen LogP contribution in [0.1, 0.15) is 39.3 Å². The molecular weight excluding hydrogens is 340 g/mol. The topological polar surface area (TPSA) is 49.8 Å². The molecule has 6 heteroatoms. The van der Waals surface area contributed by atoms with Gasteiger partial charge in [-0.15, -0.1) is 0 Å². The van der Waals surface area contributed by atoms with Gasteiger partial charge in [-0.05, 0) is 45.4 Å². The average molecular weight is 363 g/mol. The molecule has 0 aliphatic heterocycles. The van der Waals surface area contributed by atoms with Crippen LogP contribution in [0.15, 0.2) is 36.4 Å². The van der Waals surface area contributed by atoms with Gasteiger partial charge in [-0.2, -0.15) is 0 Å². The molecule has 0 aromatic heterocycles. The third-order valence-electron chi connectivity index (χ3n) is 4.25. The molecule has 0 heterocycles. The highest BCUT2D eigenvalue weighted by Gasteiger charge is 2.32. The number of carbonyl (C=O) groups is 1. The lowest BCUT2D eigenvalue weighted by Gasteiger charge is -2.38. The zero-order chi connectivity index (χ0) is 19.6. The number of carboxylic acid groups (broad SMARTS) is 1. The summed E-state index contributed by atoms with van der Waals surface area (Å²) in [4.78, 5) is 12.8. The lowest BCUT2D eigenvalue weighted by Crippen LogP contribution is -2.46. The molecule has 0 unspecified atom stereocenters. The Labute approximate surface area is 152 Å². The first-order valence-electron chi connectivity index (χ1n) is 8.22. The largest absolute Gasteiger partial charge is 0.493 e. The van der Waals surface area contributed by atoms with E-state index in [4.69, 9.17) is 4.74 Å². The summed E-state index contributed by atoms with van der Waals surface area (Å²) in [5.41, 5.74) is 0.438. The number of para-hydroxylation sites is 1. The van der Waals surface area contributed by atoms with Gasteiger partial charge in [0, 0.05) is 16.7 Å². The van der Waals surface area contributed by atoms with Gasteiger partial charge in [0.05, 0.1) is 13.2 Å². The van der Waals surface area contributed by atoms with Crippen LogP contribution in [0.2, 0.25) is 0 Å². The van der Waals surface area contributed by atoms with Gasteiger partial charge in [-0.3, -0.25) is 4.90 Å². The Balaban J connectivity index is 2.48. The minimum atomic E-state index is -1.12. The minimum Gasteiger partial charge on any atom is -0.493 e. The average Bonchev–Trinajstić information content (AvgIpc) is 2.52. The van der Waals surface area contributed by atoms with Crippen molar-refractivity contribution in [3.05, 3.63) is 53.6 Å². The molecule has 0 saturated carbocycles. The van der Waals surface area contributed by atoms with E-state index < -0.39 is 29.3 Å². The number of hydrogen-bond donors (Lipinski definition) is 1. The number of benzene rings is 2. The van der Waals surface area contributed by atoms with Crippen LogP contribution in [-0.4, -0.2) is 28.7 Å². The number of halogens is 2. The third kappa shape index (κ3) is 3.79. The molecule has 1 amide bonds. The van der Waals surface area contributed by atoms with Crippen molar-refractivity contribution < 1.29 is 23.4 Å². The fourth-order valence-corrected chi connectivity index (χ4v) is 3.15. The molecule has 0 fully saturated rings. The maximum atomic E-state index is 14.8. The molecule has 1 atom stereocenters. The van der Waals surface area contributed by atoms with Crippen LogP contribution in [0.25, 0.3) is 11.1 Å². The van der Waals surface area contributed by atoms with E-state index in [9.17, 15) is 18.7 Å². The molecule has 0 spiro atoms. The Kier molecular flexibility index (Phi) is 5.54. The second kappa shape index (κ2) is 7.32. The number of hydrogen-bond acceptors (Lipinski definition) is 2. The Hall–Kier alpha value is -2.63. The summed E-state index contributed by atoms with van der Waals surface area (Å²) in [6.07, 6.45) is -1.12. The van der Waals surface area contributed by atoms with Crippen LogP contribution in [-0.2, 0) is 0 Å². The van der Waals surface area contributed by atoms with Gasteiger partial charge < -0.3 is 9.84 Å². The monoisotopic (exact) mass is 363 g/mol. The molecule has 2 rings (SSSR count). The molecule has 0 aliphatic carbocycles. The van der Waals surface area contributed by atoms with Gasteiger partial charge in [-0.25, -0.2) is 13.6 Å². The van der Waals surface area contributed by atoms with Crippen LogP contribution in [0, 0.1) is 11.6 Å². The van der Waals surface area contributed by atoms with Crippen LogP contribution in [0.4, 0.5) is 13.6 Å². The Bertz CT molecular complexity index is 815. The lowest BCUT2D eigenvalue weighted by atomic mass is 9.96. The molecule has 140 valence electrons. The number of ether oxygens (including phenoxy) is 1. The van der Waals surface area contributed by atoms with Gasteiger partial charge in [0.15, 0.2) is 11.6 Å². The summed E-state index contributed by atoms with van der Waals surface area (Å²) in [6.45, 7) is 6.89. The van der Waals surface area contributed by atoms with Crippen molar-refractivity contribution in [3.8, 4) is 16.9 Å². The molecule has 2 aromatic rings. The summed E-state index contributed by atoms with van der Waals surface area (Å²) >= 11 is 0. The summed E-state index contributed by atoms with van der Waals surface area (Å²) in [7, 11) is 1.35. The highest BCUT2D eigenvalue weighted by molar-refractivity contribution is 5.71. The molecule has 0 aliphatic rings. The smallest absolute Gasteiger partial charge is 0.408 e. The maximum Gasteiger partial charge on any atom is 0.408 e. The number of methoxy groups -OCH3 is 1. The van der Waals surface area contributed by atoms with E-state index in [1.54, 1.807) is 39.8 Å². The van der Waals surface area contributed by atoms with Gasteiger partial charge >= 0.3 is 6.09 Å². The van der Waals surface area contributed by atoms with Gasteiger partial charge in [-0.1, -0.05) is 24.3 Å². The quantitative estimate of drug-likeness (QED) is 0.782. The Morgan fingerprint density at radius 1 is 1.15 bits per heavy atom. The van der Waals surface area contributed by atoms with Crippen molar-refractivity contribution in [2.75, 3.05) is 7.11 Å². The lowest BCUT2D eigenvalue weighted by molar-refractivity contribution is 0.0743. The normalized spacial score (nSPS) is 12.6. The molecular formula is C20H23F2NO3. The van der Waals surface area contributed by atoms with Crippen LogP contribution < -0.4 is 4.74 Å². The zero-order valence-corrected chi connectivity index (χ0v) is 15.5. The van der Waals surface area contributed by atoms with E-state index in [1.165, 1.54) is 36.3 Å². The van der Waals surface area contributed by atoms with E-state index in [0.717, 1.165) is 0 Å². The standard InChI is InChI=1S/C20H23F2NO3/c1-12(23(19(24)25)20(2,3)4)14-10-9-13(11-17(14)22)15-7-6-8-16(21)18(15)26-5/h6-12H,1-5H3,(H,24,25)/t12-/m1/s1. The first kappa shape index (κ1) is 19.7. The number of nitrogens with zero attached hydrogens (tertiary/aromatic N) is 1. The number of amides is 1. The molecule has 1 N–H and O–H groups in total. The molecule has 0 radical (unpaired) electrons. The highest BCUT2D eigenvalue weighted by Crippen LogP contribution is 2.35. The van der Waals surface area contributed by atoms with E-state index in [-0.39, 0.29) is 11.3 Å². The maximum absolute atomic E-state index is 14.8. The summed E-state index contributed by atoms with van der Waals surface area (Å²) in [5.74, 6) is -1.06. The zero-order valence-electron chi connectivity index (χ0n) is 15.5. The fraction of sp³-hybridized carbons (Fsp3) is 0.350. The molecule has 0 saturated heterocycles. The summed E-state index contributed by atoms with van der Waals surface area (Å²) in [5, 5.41) is 9.51. The van der Waals surface area contributed by atoms with Gasteiger partial charge in [0.1, 0.15) is 5.82 Å². The van der Waals surface area contributed by atoms with Crippen molar-refractivity contribution in [2.24, 2.45) is 0 Å². The van der Waals surface area contributed by atoms with Crippen molar-refractivity contribution >= 4 is 6.09 Å². The second-order valence-corrected chi connectivity index (χ2v) is 7.06. The Morgan fingerprint density at radius 3 is 2.31 bits per heavy atom. The molecule has 0 bridgehead atoms. The predicted octanol–water partition coefficient (Wildman–Crippen LogP) is 5.48. The van der Waals surface area contributed by atoms with Crippen molar-refractivity contribution in [2.45, 2.75) is 39.3 Å². The van der Waals surface area contributed by atoms with Crippen molar-refractivity contribution in [3.63, 3.8) is 0 Å². The molecule has 26 heavy (non-hydrogen) atoms. The van der Waals surface area contributed by atoms with Gasteiger partial charge in [0.2, 0.25) is 0 Å². The number of rotatable bonds is 4. The SMILES string of the molecule is COc1c(F)cccc1-c1ccc([C@@H](C)N(C(=O)O)C(C)(C)C)c(F)c1. The van der Waals surface area contributed by atoms with E-state index >= 15 is 0 Å². The van der Waals surface area contributed by atoms with Crippen LogP contribution >= 0.6 is 0 Å². The Morgan fingerprint density at radius 2 is 1.81 bits per heavy atom. The van der Waals surface area contributed by atoms with Crippen molar-refractivity contribution in [1.82, 2.24) is 4.90 Å². The van der Waals surface area contributed by atoms with E-state index in [0.29, 0.717) is 11.1 Å². The summed E-state index contributed by atoms with van der Waals surface area (Å²) in [6, 6.07) is 8.17. The van der Waals surface area contributed by atoms with Gasteiger partial charge in [0.25, 0.3) is 0 Å². The van der Waals surface area contributed by atoms with Crippen molar-refractivity contribution in [1.29, 1.82) is 0 Å². The minimum absolute atomic E-state index is 0.0366. The predicted molar refractivity (Wildman–Crippen MR) is 96.4 cm³/mol. The first-order chi connectivity index (χ1) is 12.1.